The minimum atomic E-state index is -1.13. The molecule has 2 fully saturated rings. The third kappa shape index (κ3) is 30.1. The van der Waals surface area contributed by atoms with E-state index in [1.807, 2.05) is 125 Å². The third-order valence-corrected chi connectivity index (χ3v) is 20.1. The number of allylic oxidation sites excluding steroid dienone is 2. The third-order valence-electron chi connectivity index (χ3n) is 20.1. The lowest BCUT2D eigenvalue weighted by Gasteiger charge is -2.41. The van der Waals surface area contributed by atoms with Crippen molar-refractivity contribution in [2.24, 2.45) is 47.2 Å². The predicted molar refractivity (Wildman–Crippen MR) is 413 cm³/mol. The summed E-state index contributed by atoms with van der Waals surface area (Å²) in [7, 11) is 8.40. The number of likely N-dealkylation sites (N-methyl/N-ethyl adjacent to an activating group) is 2. The second-order valence-corrected chi connectivity index (χ2v) is 30.4. The van der Waals surface area contributed by atoms with Gasteiger partial charge in [-0.15, -0.1) is 0 Å². The van der Waals surface area contributed by atoms with Crippen molar-refractivity contribution >= 4 is 70.8 Å². The minimum Gasteiger partial charge on any atom is -0.379 e. The highest BCUT2D eigenvalue weighted by Crippen LogP contribution is 2.31. The van der Waals surface area contributed by atoms with Gasteiger partial charge in [-0.25, -0.2) is 4.79 Å². The number of amides is 12. The molecule has 2 saturated heterocycles. The standard InChI is InChI=1S/C79H129N13O16/c1-19-52(10)70(90(16)78(102)68(50(6)7)88-77(101)69(51(8)9)89(14)15)63(104-17)44-65(94)92-35-24-28-62(92)71(105-18)55(13)72(96)86-61(43-56-25-21-20-22-26-56)74(98)82-45-57-29-31-59(32-30-57)84-75(99)60(27-23-34-81-79(80)103)85-76(100)67(49(4)5)87-64(93)46-107-39-37-106-38-40-108-47-66(95)91-36-33-58(42-54(91)12)73(97)83-53(11)41-48(2)3/h20-22,25-26,29-32,41,48-52,54-55,58,60-63,67-71H,19,23-24,27-28,33-40,42-47H2,1-18H3,(H,82,98)(H,83,97)(H,84,99)(H,85,100)(H,86,96)(H,87,93)(H,88,101)(H3,80,81,103)/b53-41-/t52-,54?,55+,58?,60-,61-,62-,63+,67-,68-,69?,70-,71+/m0/s1. The molecule has 0 bridgehead atoms. The number of likely N-dealkylation sites (tertiary alicyclic amines) is 2. The van der Waals surface area contributed by atoms with Crippen molar-refractivity contribution in [3.63, 3.8) is 0 Å². The van der Waals surface area contributed by atoms with E-state index in [4.69, 9.17) is 29.4 Å². The van der Waals surface area contributed by atoms with Gasteiger partial charge in [-0.2, -0.15) is 0 Å². The molecule has 2 aromatic rings. The van der Waals surface area contributed by atoms with Crippen LogP contribution in [0.2, 0.25) is 0 Å². The molecule has 0 aliphatic carbocycles. The summed E-state index contributed by atoms with van der Waals surface area (Å²) in [4.78, 5) is 157. The average molecular weight is 1520 g/mol. The molecule has 29 nitrogen and oxygen atoms in total. The molecular weight excluding hydrogens is 1390 g/mol. The van der Waals surface area contributed by atoms with Crippen LogP contribution >= 0.6 is 0 Å². The van der Waals surface area contributed by atoms with Gasteiger partial charge < -0.3 is 86.7 Å². The maximum Gasteiger partial charge on any atom is 0.312 e. The summed E-state index contributed by atoms with van der Waals surface area (Å²) in [6.45, 7) is 25.7. The molecule has 2 aliphatic rings. The summed E-state index contributed by atoms with van der Waals surface area (Å²) < 4.78 is 28.9. The van der Waals surface area contributed by atoms with E-state index in [0.717, 1.165) is 11.3 Å². The average Bonchev–Trinajstić information content (AvgIpc) is 1.21. The van der Waals surface area contributed by atoms with Crippen LogP contribution in [-0.4, -0.2) is 240 Å². The van der Waals surface area contributed by atoms with Crippen LogP contribution in [-0.2, 0) is 84.6 Å². The van der Waals surface area contributed by atoms with E-state index in [1.54, 1.807) is 66.8 Å². The van der Waals surface area contributed by atoms with Crippen LogP contribution in [0.5, 0.6) is 0 Å². The van der Waals surface area contributed by atoms with Crippen LogP contribution in [0, 0.1) is 41.4 Å². The van der Waals surface area contributed by atoms with E-state index in [-0.39, 0.29) is 131 Å². The number of urea groups is 1. The fourth-order valence-electron chi connectivity index (χ4n) is 14.2. The Balaban J connectivity index is 1.33. The molecule has 2 aromatic carbocycles. The molecule has 108 heavy (non-hydrogen) atoms. The number of ether oxygens (including phenoxy) is 5. The lowest BCUT2D eigenvalue weighted by molar-refractivity contribution is -0.148. The number of anilines is 1. The zero-order chi connectivity index (χ0) is 80.5. The molecule has 2 aliphatic heterocycles. The molecule has 0 radical (unpaired) electrons. The minimum absolute atomic E-state index is 0.00956. The lowest BCUT2D eigenvalue weighted by Crippen LogP contribution is -2.59. The molecule has 0 spiro atoms. The first-order valence-corrected chi connectivity index (χ1v) is 38.4. The van der Waals surface area contributed by atoms with Crippen molar-refractivity contribution < 1.29 is 76.4 Å². The molecule has 2 heterocycles. The number of carbonyl (C=O) groups is 11. The van der Waals surface area contributed by atoms with Crippen molar-refractivity contribution in [1.29, 1.82) is 0 Å². The largest absolute Gasteiger partial charge is 0.379 e. The number of piperidine rings is 1. The maximum atomic E-state index is 14.7. The van der Waals surface area contributed by atoms with Crippen molar-refractivity contribution in [2.75, 3.05) is 100.0 Å². The highest BCUT2D eigenvalue weighted by Gasteiger charge is 2.44. The van der Waals surface area contributed by atoms with Crippen molar-refractivity contribution in [3.05, 3.63) is 77.5 Å². The summed E-state index contributed by atoms with van der Waals surface area (Å²) in [6, 6.07) is 9.42. The van der Waals surface area contributed by atoms with Crippen LogP contribution in [0.3, 0.4) is 0 Å². The SMILES string of the molecule is CC[C@H](C)[C@@H]([C@@H](CC(=O)N1CCC[C@H]1[C@H](OC)[C@@H](C)C(=O)N[C@@H](Cc1ccccc1)C(=O)NCc1ccc(NC(=O)[C@H](CCCNC(N)=O)NC(=O)[C@@H](NC(=O)COCCOCCOCC(=O)N2CCC(C(=O)N/C(C)=C\C(C)C)CC2C)C(C)C)cc1)OC)N(C)C(=O)[C@@H](NC(=O)C(C(C)C)N(C)C)C(C)C. The quantitative estimate of drug-likeness (QED) is 0.0392. The summed E-state index contributed by atoms with van der Waals surface area (Å²) in [6.07, 6.45) is 3.87. The Morgan fingerprint density at radius 2 is 1.28 bits per heavy atom. The Morgan fingerprint density at radius 3 is 1.85 bits per heavy atom. The summed E-state index contributed by atoms with van der Waals surface area (Å²) in [5.41, 5.74) is 7.91. The number of nitrogens with zero attached hydrogens (tertiary/aromatic N) is 4. The van der Waals surface area contributed by atoms with E-state index in [1.165, 1.54) is 14.2 Å². The van der Waals surface area contributed by atoms with Gasteiger partial charge in [0, 0.05) is 77.2 Å². The molecule has 10 N–H and O–H groups in total. The van der Waals surface area contributed by atoms with E-state index in [0.29, 0.717) is 62.4 Å². The first-order chi connectivity index (χ1) is 51.1. The zero-order valence-electron chi connectivity index (χ0n) is 67.4. The molecule has 3 unspecified atom stereocenters. The highest BCUT2D eigenvalue weighted by molar-refractivity contribution is 5.99. The second-order valence-electron chi connectivity index (χ2n) is 30.4. The van der Waals surface area contributed by atoms with Gasteiger partial charge in [0.05, 0.1) is 69.1 Å². The predicted octanol–water partition coefficient (Wildman–Crippen LogP) is 5.04. The van der Waals surface area contributed by atoms with Crippen LogP contribution in [0.4, 0.5) is 10.5 Å². The van der Waals surface area contributed by atoms with Crippen LogP contribution < -0.4 is 48.3 Å². The Bertz CT molecular complexity index is 3220. The van der Waals surface area contributed by atoms with Gasteiger partial charge in [-0.1, -0.05) is 131 Å². The number of methoxy groups -OCH3 is 2. The molecule has 4 rings (SSSR count). The second kappa shape index (κ2) is 47.1. The van der Waals surface area contributed by atoms with E-state index < -0.39 is 109 Å². The van der Waals surface area contributed by atoms with Crippen LogP contribution in [0.1, 0.15) is 153 Å². The fourth-order valence-corrected chi connectivity index (χ4v) is 14.2. The van der Waals surface area contributed by atoms with Crippen LogP contribution in [0.15, 0.2) is 66.4 Å². The highest BCUT2D eigenvalue weighted by atomic mass is 16.5. The zero-order valence-corrected chi connectivity index (χ0v) is 67.4. The number of carbonyl (C=O) groups excluding carboxylic acids is 11. The Kier molecular flexibility index (Phi) is 40.2. The summed E-state index contributed by atoms with van der Waals surface area (Å²) >= 11 is 0. The van der Waals surface area contributed by atoms with Gasteiger partial charge in [-0.05, 0) is 119 Å². The molecule has 12 amide bonds. The van der Waals surface area contributed by atoms with Gasteiger partial charge in [0.1, 0.15) is 37.4 Å². The van der Waals surface area contributed by atoms with Gasteiger partial charge in [0.15, 0.2) is 0 Å². The van der Waals surface area contributed by atoms with Crippen molar-refractivity contribution in [1.82, 2.24) is 56.8 Å². The fraction of sp³-hybridized carbons (Fsp3) is 0.684. The Hall–Kier alpha value is -8.09. The normalized spacial score (nSPS) is 18.2. The molecule has 606 valence electrons. The summed E-state index contributed by atoms with van der Waals surface area (Å²) in [5.74, 6) is -5.20. The maximum absolute atomic E-state index is 14.7. The number of hydrogen-bond acceptors (Lipinski definition) is 17. The first-order valence-electron chi connectivity index (χ1n) is 38.4. The van der Waals surface area contributed by atoms with Gasteiger partial charge in [0.25, 0.3) is 0 Å². The van der Waals surface area contributed by atoms with Gasteiger partial charge in [0.2, 0.25) is 59.1 Å². The number of hydrogen-bond donors (Lipinski definition) is 9. The Labute approximate surface area is 640 Å². The number of nitrogens with two attached hydrogens (primary N) is 1. The Morgan fingerprint density at radius 1 is 0.648 bits per heavy atom. The number of primary amides is 1. The molecule has 13 atom stereocenters. The first kappa shape index (κ1) is 92.3. The number of rotatable bonds is 46. The van der Waals surface area contributed by atoms with Crippen LogP contribution in [0.25, 0.3) is 0 Å². The molecular formula is C79H129N13O16. The molecule has 29 heteroatoms. The van der Waals surface area contributed by atoms with Gasteiger partial charge in [-0.3, -0.25) is 52.8 Å². The molecule has 0 aromatic heterocycles. The number of nitrogens with one attached hydrogen (secondary N) is 8. The summed E-state index contributed by atoms with van der Waals surface area (Å²) in [5, 5.41) is 22.7. The topological polar surface area (TPSA) is 369 Å². The molecule has 0 saturated carbocycles. The lowest BCUT2D eigenvalue weighted by atomic mass is 9.89. The van der Waals surface area contributed by atoms with Crippen molar-refractivity contribution in [3.8, 4) is 0 Å². The monoisotopic (exact) mass is 1520 g/mol. The van der Waals surface area contributed by atoms with Gasteiger partial charge >= 0.3 is 6.03 Å². The van der Waals surface area contributed by atoms with E-state index >= 15 is 0 Å². The van der Waals surface area contributed by atoms with Crippen molar-refractivity contribution in [2.45, 2.75) is 215 Å². The van der Waals surface area contributed by atoms with E-state index in [2.05, 4.69) is 42.5 Å². The smallest absolute Gasteiger partial charge is 0.312 e. The number of benzene rings is 2. The van der Waals surface area contributed by atoms with E-state index in [9.17, 15) is 52.7 Å².